The van der Waals surface area contributed by atoms with Gasteiger partial charge in [0.1, 0.15) is 5.75 Å². The van der Waals surface area contributed by atoms with Crippen molar-refractivity contribution in [3.63, 3.8) is 0 Å². The Balaban J connectivity index is 2.90. The Labute approximate surface area is 63.9 Å². The topological polar surface area (TPSA) is 38.0 Å². The maximum Gasteiger partial charge on any atom is 0.127 e. The summed E-state index contributed by atoms with van der Waals surface area (Å²) in [5, 5.41) is 14.1. The molecular weight excluding hydrogens is 140 g/mol. The van der Waals surface area contributed by atoms with Crippen LogP contribution >= 0.6 is 0 Å². The van der Waals surface area contributed by atoms with Crippen molar-refractivity contribution in [2.45, 2.75) is 0 Å². The van der Waals surface area contributed by atoms with Crippen molar-refractivity contribution in [1.29, 1.82) is 0 Å². The molecule has 0 bridgehead atoms. The van der Waals surface area contributed by atoms with Crippen LogP contribution in [0, 0.1) is 6.20 Å². The maximum absolute atomic E-state index is 9.30. The number of aromatic nitrogens is 2. The van der Waals surface area contributed by atoms with Gasteiger partial charge >= 0.3 is 0 Å². The lowest BCUT2D eigenvalue weighted by Gasteiger charge is -1.88. The van der Waals surface area contributed by atoms with Crippen LogP contribution in [0.5, 0.6) is 5.75 Å². The van der Waals surface area contributed by atoms with Gasteiger partial charge in [0.2, 0.25) is 0 Å². The van der Waals surface area contributed by atoms with E-state index in [9.17, 15) is 5.11 Å². The number of hydrogen-bond acceptors (Lipinski definition) is 2. The lowest BCUT2D eigenvalue weighted by Crippen LogP contribution is -1.85. The van der Waals surface area contributed by atoms with Crippen LogP contribution in [0.3, 0.4) is 0 Å². The molecule has 11 heavy (non-hydrogen) atoms. The molecule has 2 aromatic rings. The number of fused-ring (bicyclic) bond motifs is 1. The van der Waals surface area contributed by atoms with Crippen LogP contribution in [-0.4, -0.2) is 14.9 Å². The molecule has 0 fully saturated rings. The number of aromatic hydroxyl groups is 1. The van der Waals surface area contributed by atoms with Gasteiger partial charge in [0.25, 0.3) is 0 Å². The Morgan fingerprint density at radius 1 is 1.55 bits per heavy atom. The van der Waals surface area contributed by atoms with Crippen molar-refractivity contribution in [2.24, 2.45) is 7.05 Å². The van der Waals surface area contributed by atoms with Crippen molar-refractivity contribution in [1.82, 2.24) is 9.78 Å². The van der Waals surface area contributed by atoms with E-state index in [0.29, 0.717) is 5.39 Å². The summed E-state index contributed by atoms with van der Waals surface area (Å²) in [6, 6.07) is 5.23. The molecular formula is C8H7N2O. The van der Waals surface area contributed by atoms with Crippen LogP contribution in [0.25, 0.3) is 10.9 Å². The SMILES string of the molecule is Cn1[c]c2c(O)cccc2n1. The highest BCUT2D eigenvalue weighted by atomic mass is 16.3. The van der Waals surface area contributed by atoms with Gasteiger partial charge in [0.05, 0.1) is 17.1 Å². The van der Waals surface area contributed by atoms with Crippen molar-refractivity contribution >= 4 is 10.9 Å². The molecule has 3 nitrogen and oxygen atoms in total. The fourth-order valence-corrected chi connectivity index (χ4v) is 1.07. The molecule has 0 aliphatic rings. The molecule has 0 amide bonds. The van der Waals surface area contributed by atoms with Gasteiger partial charge in [0, 0.05) is 7.05 Å². The standard InChI is InChI=1S/C8H7N2O/c1-10-5-6-7(9-10)3-2-4-8(6)11/h2-4,11H,1H3. The smallest absolute Gasteiger partial charge is 0.127 e. The molecule has 0 spiro atoms. The Kier molecular flexibility index (Phi) is 1.12. The van der Waals surface area contributed by atoms with Gasteiger partial charge < -0.3 is 5.11 Å². The summed E-state index contributed by atoms with van der Waals surface area (Å²) in [4.78, 5) is 0. The molecule has 3 heteroatoms. The second kappa shape index (κ2) is 1.99. The van der Waals surface area contributed by atoms with Crippen molar-refractivity contribution in [3.8, 4) is 5.75 Å². The molecule has 0 aliphatic heterocycles. The first-order chi connectivity index (χ1) is 5.27. The van der Waals surface area contributed by atoms with Gasteiger partial charge in [-0.2, -0.15) is 5.10 Å². The fraction of sp³-hybridized carbons (Fsp3) is 0.125. The van der Waals surface area contributed by atoms with Crippen LogP contribution in [0.1, 0.15) is 0 Å². The van der Waals surface area contributed by atoms with E-state index in [4.69, 9.17) is 0 Å². The first-order valence-electron chi connectivity index (χ1n) is 3.31. The summed E-state index contributed by atoms with van der Waals surface area (Å²) in [5.74, 6) is 0.232. The summed E-state index contributed by atoms with van der Waals surface area (Å²) in [7, 11) is 1.78. The Morgan fingerprint density at radius 3 is 3.09 bits per heavy atom. The minimum absolute atomic E-state index is 0.232. The maximum atomic E-state index is 9.30. The molecule has 1 N–H and O–H groups in total. The highest BCUT2D eigenvalue weighted by Gasteiger charge is 2.01. The first kappa shape index (κ1) is 6.22. The minimum atomic E-state index is 0.232. The number of nitrogens with zero attached hydrogens (tertiary/aromatic N) is 2. The summed E-state index contributed by atoms with van der Waals surface area (Å²) >= 11 is 0. The molecule has 0 saturated carbocycles. The van der Waals surface area contributed by atoms with Gasteiger partial charge in [-0.3, -0.25) is 4.68 Å². The summed E-state index contributed by atoms with van der Waals surface area (Å²) in [6.07, 6.45) is 2.88. The number of aryl methyl sites for hydroxylation is 1. The van der Waals surface area contributed by atoms with E-state index >= 15 is 0 Å². The first-order valence-corrected chi connectivity index (χ1v) is 3.31. The average Bonchev–Trinajstić information content (AvgIpc) is 2.31. The van der Waals surface area contributed by atoms with Crippen molar-refractivity contribution < 1.29 is 5.11 Å². The average molecular weight is 147 g/mol. The third kappa shape index (κ3) is 0.852. The minimum Gasteiger partial charge on any atom is -0.507 e. The van der Waals surface area contributed by atoms with Crippen LogP contribution in [0.15, 0.2) is 18.2 Å². The third-order valence-corrected chi connectivity index (χ3v) is 1.55. The van der Waals surface area contributed by atoms with Gasteiger partial charge in [0.15, 0.2) is 0 Å². The highest BCUT2D eigenvalue weighted by Crippen LogP contribution is 2.21. The number of rotatable bonds is 0. The van der Waals surface area contributed by atoms with Gasteiger partial charge in [-0.1, -0.05) is 6.07 Å². The zero-order chi connectivity index (χ0) is 7.84. The summed E-state index contributed by atoms with van der Waals surface area (Å²) < 4.78 is 1.56. The molecule has 0 unspecified atom stereocenters. The molecule has 0 aliphatic carbocycles. The molecule has 2 rings (SSSR count). The molecule has 0 atom stereocenters. The Morgan fingerprint density at radius 2 is 2.36 bits per heavy atom. The number of phenols is 1. The van der Waals surface area contributed by atoms with Crippen LogP contribution in [0.2, 0.25) is 0 Å². The van der Waals surface area contributed by atoms with Crippen LogP contribution in [0.4, 0.5) is 0 Å². The quantitative estimate of drug-likeness (QED) is 0.605. The monoisotopic (exact) mass is 147 g/mol. The molecule has 1 radical (unpaired) electrons. The predicted octanol–water partition coefficient (Wildman–Crippen LogP) is 1.08. The molecule has 0 saturated heterocycles. The normalized spacial score (nSPS) is 10.6. The van der Waals surface area contributed by atoms with E-state index < -0.39 is 0 Å². The lowest BCUT2D eigenvalue weighted by atomic mass is 10.2. The largest absolute Gasteiger partial charge is 0.507 e. The number of benzene rings is 1. The molecule has 1 heterocycles. The van der Waals surface area contributed by atoms with E-state index in [1.807, 2.05) is 6.07 Å². The Bertz CT molecular complexity index is 392. The zero-order valence-electron chi connectivity index (χ0n) is 6.07. The molecule has 1 aromatic carbocycles. The molecule has 1 aromatic heterocycles. The number of hydrogen-bond donors (Lipinski definition) is 1. The summed E-state index contributed by atoms with van der Waals surface area (Å²) in [6.45, 7) is 0. The van der Waals surface area contributed by atoms with Gasteiger partial charge in [-0.05, 0) is 12.1 Å². The van der Waals surface area contributed by atoms with Crippen LogP contribution < -0.4 is 0 Å². The summed E-state index contributed by atoms with van der Waals surface area (Å²) in [5.41, 5.74) is 0.771. The van der Waals surface area contributed by atoms with Gasteiger partial charge in [-0.15, -0.1) is 0 Å². The highest BCUT2D eigenvalue weighted by molar-refractivity contribution is 5.83. The van der Waals surface area contributed by atoms with E-state index in [1.165, 1.54) is 0 Å². The molecule has 55 valence electrons. The second-order valence-corrected chi connectivity index (χ2v) is 2.41. The van der Waals surface area contributed by atoms with Crippen molar-refractivity contribution in [3.05, 3.63) is 24.4 Å². The van der Waals surface area contributed by atoms with Gasteiger partial charge in [-0.25, -0.2) is 0 Å². The predicted molar refractivity (Wildman–Crippen MR) is 41.2 cm³/mol. The van der Waals surface area contributed by atoms with E-state index in [2.05, 4.69) is 11.3 Å². The Hall–Kier alpha value is -1.51. The van der Waals surface area contributed by atoms with E-state index in [0.717, 1.165) is 5.52 Å². The zero-order valence-corrected chi connectivity index (χ0v) is 6.07. The fourth-order valence-electron chi connectivity index (χ4n) is 1.07. The van der Waals surface area contributed by atoms with Crippen LogP contribution in [-0.2, 0) is 7.05 Å². The second-order valence-electron chi connectivity index (χ2n) is 2.41. The van der Waals surface area contributed by atoms with E-state index in [1.54, 1.807) is 23.9 Å². The number of phenolic OH excluding ortho intramolecular Hbond substituents is 1. The van der Waals surface area contributed by atoms with E-state index in [-0.39, 0.29) is 5.75 Å². The third-order valence-electron chi connectivity index (χ3n) is 1.55. The lowest BCUT2D eigenvalue weighted by molar-refractivity contribution is 0.481. The van der Waals surface area contributed by atoms with Crippen molar-refractivity contribution in [2.75, 3.05) is 0 Å².